The van der Waals surface area contributed by atoms with E-state index in [1.165, 1.54) is 42.7 Å². The number of carboxylic acids is 1. The maximum atomic E-state index is 13.5. The molecule has 1 atom stereocenters. The summed E-state index contributed by atoms with van der Waals surface area (Å²) in [6.45, 7) is -5.42. The van der Waals surface area contributed by atoms with Crippen LogP contribution in [0.4, 0.5) is 0 Å². The van der Waals surface area contributed by atoms with Crippen LogP contribution in [0.25, 0.3) is 11.0 Å². The molecule has 2 amide bonds. The lowest BCUT2D eigenvalue weighted by molar-refractivity contribution is -0.139. The SMILES string of the molecule is [2H]C1([2H])Cc2c(cc(Cl)c(C(=O)N[C@@H](Cc3cccc(S(C)(=O)=O)c3)C(=O)O)c2Cl)C([2H])([2H])N1C(=O)c1ccc2ccoc2c1. The van der Waals surface area contributed by atoms with Gasteiger partial charge in [-0.2, -0.15) is 0 Å². The minimum atomic E-state index is -3.58. The van der Waals surface area contributed by atoms with Gasteiger partial charge in [-0.05, 0) is 59.5 Å². The number of halogens is 2. The van der Waals surface area contributed by atoms with Crippen LogP contribution >= 0.6 is 23.2 Å². The van der Waals surface area contributed by atoms with Crippen molar-refractivity contribution in [3.63, 3.8) is 0 Å². The van der Waals surface area contributed by atoms with Crippen LogP contribution in [0.15, 0.2) is 70.2 Å². The number of sulfone groups is 1. The first-order valence-electron chi connectivity index (χ1n) is 14.1. The molecule has 0 saturated carbocycles. The molecule has 0 aliphatic carbocycles. The molecule has 12 heteroatoms. The highest BCUT2D eigenvalue weighted by atomic mass is 35.5. The van der Waals surface area contributed by atoms with Crippen molar-refractivity contribution in [2.45, 2.75) is 30.3 Å². The molecule has 0 radical (unpaired) electrons. The number of fused-ring (bicyclic) bond motifs is 2. The van der Waals surface area contributed by atoms with Gasteiger partial charge in [0, 0.05) is 39.4 Å². The monoisotopic (exact) mass is 618 g/mol. The minimum absolute atomic E-state index is 0.0244. The second-order valence-electron chi connectivity index (χ2n) is 9.32. The Morgan fingerprint density at radius 1 is 1.15 bits per heavy atom. The fourth-order valence-corrected chi connectivity index (χ4v) is 5.75. The summed E-state index contributed by atoms with van der Waals surface area (Å²) < 4.78 is 64.2. The van der Waals surface area contributed by atoms with Crippen LogP contribution in [0.1, 0.15) is 42.9 Å². The lowest BCUT2D eigenvalue weighted by Crippen LogP contribution is -2.42. The van der Waals surface area contributed by atoms with Gasteiger partial charge in [0.15, 0.2) is 9.84 Å². The molecule has 0 spiro atoms. The minimum Gasteiger partial charge on any atom is -0.480 e. The smallest absolute Gasteiger partial charge is 0.326 e. The molecule has 41 heavy (non-hydrogen) atoms. The summed E-state index contributed by atoms with van der Waals surface area (Å²) in [6.07, 6.45) is 1.51. The second kappa shape index (κ2) is 11.2. The number of carbonyl (C=O) groups is 3. The van der Waals surface area contributed by atoms with Crippen molar-refractivity contribution in [3.8, 4) is 0 Å². The molecular formula is C29H24Cl2N2O7S. The average molecular weight is 620 g/mol. The van der Waals surface area contributed by atoms with E-state index in [1.54, 1.807) is 12.1 Å². The topological polar surface area (TPSA) is 134 Å². The van der Waals surface area contributed by atoms with Crippen LogP contribution in [-0.4, -0.2) is 55.0 Å². The lowest BCUT2D eigenvalue weighted by atomic mass is 9.95. The fourth-order valence-electron chi connectivity index (χ4n) is 4.37. The van der Waals surface area contributed by atoms with Crippen molar-refractivity contribution in [2.75, 3.05) is 12.8 Å². The quantitative estimate of drug-likeness (QED) is 0.305. The Bertz CT molecular complexity index is 2000. The van der Waals surface area contributed by atoms with Gasteiger partial charge >= 0.3 is 5.97 Å². The number of aliphatic carboxylic acids is 1. The van der Waals surface area contributed by atoms with Crippen molar-refractivity contribution in [2.24, 2.45) is 0 Å². The maximum absolute atomic E-state index is 13.5. The van der Waals surface area contributed by atoms with E-state index in [0.717, 1.165) is 12.3 Å². The van der Waals surface area contributed by atoms with Crippen molar-refractivity contribution in [1.29, 1.82) is 0 Å². The zero-order valence-corrected chi connectivity index (χ0v) is 23.6. The van der Waals surface area contributed by atoms with Crippen molar-refractivity contribution >= 4 is 61.8 Å². The van der Waals surface area contributed by atoms with E-state index < -0.39 is 63.7 Å². The Morgan fingerprint density at radius 3 is 2.66 bits per heavy atom. The first-order valence-corrected chi connectivity index (χ1v) is 14.7. The number of carbonyl (C=O) groups excluding carboxylic acids is 2. The number of amides is 2. The normalized spacial score (nSPS) is 17.9. The first-order chi connectivity index (χ1) is 20.9. The molecule has 5 rings (SSSR count). The van der Waals surface area contributed by atoms with E-state index in [1.807, 2.05) is 0 Å². The van der Waals surface area contributed by atoms with Crippen LogP contribution in [0.2, 0.25) is 10.0 Å². The number of nitrogens with zero attached hydrogens (tertiary/aromatic N) is 1. The summed E-state index contributed by atoms with van der Waals surface area (Å²) in [5.74, 6) is -3.44. The Kier molecular flexibility index (Phi) is 6.50. The standard InChI is InChI=1S/C29H24Cl2N2O7S/c1-41(38,39)20-4-2-3-16(11-20)12-23(29(36)37)32-27(34)25-22(30)13-19-15-33(9-7-21(19)26(25)31)28(35)18-6-5-17-8-10-40-24(17)14-18/h2-6,8,10-11,13-14,23H,7,9,12,15H2,1H3,(H,32,34)(H,36,37)/t23-/m0/s1/i9D2,15D2. The van der Waals surface area contributed by atoms with E-state index in [2.05, 4.69) is 5.32 Å². The van der Waals surface area contributed by atoms with Crippen LogP contribution < -0.4 is 5.32 Å². The van der Waals surface area contributed by atoms with E-state index in [9.17, 15) is 27.9 Å². The Balaban J connectivity index is 1.48. The fraction of sp³-hybridized carbons (Fsp3) is 0.207. The Morgan fingerprint density at radius 2 is 1.93 bits per heavy atom. The largest absolute Gasteiger partial charge is 0.480 e. The highest BCUT2D eigenvalue weighted by Gasteiger charge is 2.30. The molecule has 4 aromatic rings. The average Bonchev–Trinajstić information content (AvgIpc) is 3.41. The van der Waals surface area contributed by atoms with Gasteiger partial charge in [0.2, 0.25) is 0 Å². The predicted molar refractivity (Wildman–Crippen MR) is 153 cm³/mol. The van der Waals surface area contributed by atoms with Gasteiger partial charge in [-0.3, -0.25) is 9.59 Å². The van der Waals surface area contributed by atoms with Gasteiger partial charge in [0.1, 0.15) is 11.6 Å². The summed E-state index contributed by atoms with van der Waals surface area (Å²) >= 11 is 13.0. The molecule has 1 aromatic heterocycles. The molecule has 0 fully saturated rings. The zero-order chi connectivity index (χ0) is 33.1. The van der Waals surface area contributed by atoms with Crippen LogP contribution in [-0.2, 0) is 34.0 Å². The lowest BCUT2D eigenvalue weighted by Gasteiger charge is -2.30. The summed E-state index contributed by atoms with van der Waals surface area (Å²) in [5.41, 5.74) is -0.149. The highest BCUT2D eigenvalue weighted by Crippen LogP contribution is 2.35. The molecule has 9 nitrogen and oxygen atoms in total. The molecule has 212 valence electrons. The summed E-state index contributed by atoms with van der Waals surface area (Å²) in [7, 11) is -3.58. The third kappa shape index (κ3) is 5.95. The molecule has 0 saturated heterocycles. The molecule has 3 aromatic carbocycles. The van der Waals surface area contributed by atoms with Crippen LogP contribution in [0.5, 0.6) is 0 Å². The number of benzene rings is 3. The molecular weight excluding hydrogens is 591 g/mol. The highest BCUT2D eigenvalue weighted by molar-refractivity contribution is 7.90. The summed E-state index contributed by atoms with van der Waals surface area (Å²) in [6, 6.07) is 11.2. The Labute approximate surface area is 251 Å². The maximum Gasteiger partial charge on any atom is 0.326 e. The van der Waals surface area contributed by atoms with Gasteiger partial charge < -0.3 is 19.7 Å². The molecule has 2 N–H and O–H groups in total. The number of hydrogen-bond acceptors (Lipinski definition) is 6. The summed E-state index contributed by atoms with van der Waals surface area (Å²) in [4.78, 5) is 39.4. The third-order valence-corrected chi connectivity index (χ3v) is 8.29. The summed E-state index contributed by atoms with van der Waals surface area (Å²) in [5, 5.41) is 12.0. The van der Waals surface area contributed by atoms with Gasteiger partial charge in [-0.1, -0.05) is 41.4 Å². The zero-order valence-electron chi connectivity index (χ0n) is 25.3. The van der Waals surface area contributed by atoms with Gasteiger partial charge in [0.25, 0.3) is 11.8 Å². The number of furan rings is 1. The van der Waals surface area contributed by atoms with Crippen molar-refractivity contribution < 1.29 is 37.8 Å². The number of rotatable bonds is 7. The molecule has 1 aliphatic heterocycles. The second-order valence-corrected chi connectivity index (χ2v) is 12.1. The van der Waals surface area contributed by atoms with E-state index in [4.69, 9.17) is 33.1 Å². The molecule has 2 heterocycles. The van der Waals surface area contributed by atoms with E-state index >= 15 is 0 Å². The van der Waals surface area contributed by atoms with Crippen LogP contribution in [0.3, 0.4) is 0 Å². The van der Waals surface area contributed by atoms with Crippen molar-refractivity contribution in [1.82, 2.24) is 10.2 Å². The van der Waals surface area contributed by atoms with Crippen LogP contribution in [0, 0.1) is 0 Å². The van der Waals surface area contributed by atoms with E-state index in [-0.39, 0.29) is 33.0 Å². The first kappa shape index (κ1) is 23.8. The van der Waals surface area contributed by atoms with Crippen molar-refractivity contribution in [3.05, 3.63) is 98.7 Å². The number of hydrogen-bond donors (Lipinski definition) is 2. The molecule has 0 unspecified atom stereocenters. The molecule has 0 bridgehead atoms. The number of nitrogens with one attached hydrogen (secondary N) is 1. The number of carboxylic acid groups (broad SMARTS) is 1. The Hall–Kier alpha value is -3.86. The molecule has 1 aliphatic rings. The predicted octanol–water partition coefficient (Wildman–Crippen LogP) is 4.77. The van der Waals surface area contributed by atoms with Gasteiger partial charge in [0.05, 0.1) is 29.5 Å². The van der Waals surface area contributed by atoms with Gasteiger partial charge in [-0.15, -0.1) is 0 Å². The van der Waals surface area contributed by atoms with Gasteiger partial charge in [-0.25, -0.2) is 13.2 Å². The third-order valence-electron chi connectivity index (χ3n) is 6.47. The van der Waals surface area contributed by atoms with E-state index in [0.29, 0.717) is 21.4 Å².